The lowest BCUT2D eigenvalue weighted by Crippen LogP contribution is -2.29. The van der Waals surface area contributed by atoms with Gasteiger partial charge in [0.2, 0.25) is 0 Å². The molecule has 2 nitrogen and oxygen atoms in total. The van der Waals surface area contributed by atoms with E-state index in [2.05, 4.69) is 21.2 Å². The van der Waals surface area contributed by atoms with E-state index in [0.717, 1.165) is 18.6 Å². The van der Waals surface area contributed by atoms with Crippen molar-refractivity contribution in [2.24, 2.45) is 5.41 Å². The minimum atomic E-state index is -4.36. The topological polar surface area (TPSA) is 32.3 Å². The summed E-state index contributed by atoms with van der Waals surface area (Å²) in [7, 11) is 0. The number of nitrogens with one attached hydrogen (secondary N) is 1. The molecule has 1 aromatic carbocycles. The summed E-state index contributed by atoms with van der Waals surface area (Å²) in [5, 5.41) is 12.2. The maximum Gasteiger partial charge on any atom is 0.416 e. The Morgan fingerprint density at radius 3 is 2.42 bits per heavy atom. The lowest BCUT2D eigenvalue weighted by atomic mass is 9.88. The highest BCUT2D eigenvalue weighted by atomic mass is 79.9. The Kier molecular flexibility index (Phi) is 5.26. The van der Waals surface area contributed by atoms with Gasteiger partial charge >= 0.3 is 6.18 Å². The van der Waals surface area contributed by atoms with Gasteiger partial charge in [-0.3, -0.25) is 0 Å². The maximum atomic E-state index is 12.6. The minimum Gasteiger partial charge on any atom is -0.396 e. The van der Waals surface area contributed by atoms with E-state index in [-0.39, 0.29) is 12.0 Å². The monoisotopic (exact) mass is 339 g/mol. The van der Waals surface area contributed by atoms with E-state index in [1.807, 2.05) is 13.8 Å². The SMILES string of the molecule is CCC(C)(CO)CNc1cc(C(F)(F)F)ccc1Br. The molecule has 0 amide bonds. The fourth-order valence-corrected chi connectivity index (χ4v) is 1.83. The van der Waals surface area contributed by atoms with Crippen molar-refractivity contribution in [1.82, 2.24) is 0 Å². The molecule has 19 heavy (non-hydrogen) atoms. The van der Waals surface area contributed by atoms with E-state index in [0.29, 0.717) is 16.7 Å². The molecular weight excluding hydrogens is 323 g/mol. The van der Waals surface area contributed by atoms with Crippen molar-refractivity contribution in [1.29, 1.82) is 0 Å². The smallest absolute Gasteiger partial charge is 0.396 e. The highest BCUT2D eigenvalue weighted by Crippen LogP contribution is 2.34. The highest BCUT2D eigenvalue weighted by molar-refractivity contribution is 9.10. The van der Waals surface area contributed by atoms with Crippen molar-refractivity contribution in [2.75, 3.05) is 18.5 Å². The molecule has 1 unspecified atom stereocenters. The molecule has 0 bridgehead atoms. The zero-order chi connectivity index (χ0) is 14.7. The zero-order valence-corrected chi connectivity index (χ0v) is 12.4. The molecule has 2 N–H and O–H groups in total. The van der Waals surface area contributed by atoms with Gasteiger partial charge in [0.15, 0.2) is 0 Å². The molecule has 0 saturated heterocycles. The van der Waals surface area contributed by atoms with Crippen molar-refractivity contribution >= 4 is 21.6 Å². The molecule has 1 rings (SSSR count). The number of alkyl halides is 3. The van der Waals surface area contributed by atoms with Crippen molar-refractivity contribution in [3.63, 3.8) is 0 Å². The maximum absolute atomic E-state index is 12.6. The van der Waals surface area contributed by atoms with Crippen LogP contribution < -0.4 is 5.32 Å². The molecule has 0 radical (unpaired) electrons. The average Bonchev–Trinajstić information content (AvgIpc) is 2.36. The quantitative estimate of drug-likeness (QED) is 0.838. The number of aliphatic hydroxyl groups is 1. The van der Waals surface area contributed by atoms with Crippen LogP contribution in [0.2, 0.25) is 0 Å². The van der Waals surface area contributed by atoms with Crippen LogP contribution in [0.25, 0.3) is 0 Å². The van der Waals surface area contributed by atoms with Gasteiger partial charge in [-0.15, -0.1) is 0 Å². The van der Waals surface area contributed by atoms with Crippen LogP contribution in [-0.2, 0) is 6.18 Å². The molecule has 1 atom stereocenters. The van der Waals surface area contributed by atoms with Crippen LogP contribution in [-0.4, -0.2) is 18.3 Å². The second-order valence-electron chi connectivity index (χ2n) is 4.87. The third kappa shape index (κ3) is 4.38. The van der Waals surface area contributed by atoms with Crippen LogP contribution in [0.3, 0.4) is 0 Å². The van der Waals surface area contributed by atoms with Crippen molar-refractivity contribution in [3.8, 4) is 0 Å². The van der Waals surface area contributed by atoms with Gasteiger partial charge in [0.25, 0.3) is 0 Å². The molecule has 1 aromatic rings. The summed E-state index contributed by atoms with van der Waals surface area (Å²) < 4.78 is 38.4. The Hall–Kier alpha value is -0.750. The van der Waals surface area contributed by atoms with Crippen LogP contribution in [0.15, 0.2) is 22.7 Å². The van der Waals surface area contributed by atoms with Crippen LogP contribution in [0, 0.1) is 5.41 Å². The number of benzene rings is 1. The molecule has 0 spiro atoms. The van der Waals surface area contributed by atoms with Crippen LogP contribution >= 0.6 is 15.9 Å². The fraction of sp³-hybridized carbons (Fsp3) is 0.538. The van der Waals surface area contributed by atoms with Crippen LogP contribution in [0.4, 0.5) is 18.9 Å². The summed E-state index contributed by atoms with van der Waals surface area (Å²) >= 11 is 3.22. The van der Waals surface area contributed by atoms with Gasteiger partial charge in [0.05, 0.1) is 12.2 Å². The number of anilines is 1. The summed E-state index contributed by atoms with van der Waals surface area (Å²) in [6, 6.07) is 3.46. The van der Waals surface area contributed by atoms with Crippen molar-refractivity contribution in [3.05, 3.63) is 28.2 Å². The van der Waals surface area contributed by atoms with Crippen molar-refractivity contribution < 1.29 is 18.3 Å². The Morgan fingerprint density at radius 1 is 1.32 bits per heavy atom. The molecule has 0 heterocycles. The Balaban J connectivity index is 2.89. The Labute approximate surface area is 119 Å². The number of halogens is 4. The third-order valence-corrected chi connectivity index (χ3v) is 3.93. The van der Waals surface area contributed by atoms with Gasteiger partial charge in [-0.05, 0) is 40.5 Å². The fourth-order valence-electron chi connectivity index (χ4n) is 1.44. The lowest BCUT2D eigenvalue weighted by molar-refractivity contribution is -0.137. The van der Waals surface area contributed by atoms with E-state index >= 15 is 0 Å². The summed E-state index contributed by atoms with van der Waals surface area (Å²) in [6.45, 7) is 4.19. The molecule has 0 aliphatic carbocycles. The molecular formula is C13H17BrF3NO. The Morgan fingerprint density at radius 2 is 1.95 bits per heavy atom. The highest BCUT2D eigenvalue weighted by Gasteiger charge is 2.31. The first-order valence-corrected chi connectivity index (χ1v) is 6.72. The summed E-state index contributed by atoms with van der Waals surface area (Å²) in [4.78, 5) is 0. The van der Waals surface area contributed by atoms with Gasteiger partial charge in [-0.2, -0.15) is 13.2 Å². The summed E-state index contributed by atoms with van der Waals surface area (Å²) in [5.41, 5.74) is -0.670. The second kappa shape index (κ2) is 6.13. The first-order valence-electron chi connectivity index (χ1n) is 5.93. The second-order valence-corrected chi connectivity index (χ2v) is 5.72. The van der Waals surface area contributed by atoms with Crippen molar-refractivity contribution in [2.45, 2.75) is 26.4 Å². The zero-order valence-electron chi connectivity index (χ0n) is 10.8. The van der Waals surface area contributed by atoms with E-state index in [1.165, 1.54) is 6.07 Å². The molecule has 0 aliphatic rings. The minimum absolute atomic E-state index is 0.0208. The predicted molar refractivity (Wildman–Crippen MR) is 73.1 cm³/mol. The number of aliphatic hydroxyl groups excluding tert-OH is 1. The standard InChI is InChI=1S/C13H17BrF3NO/c1-3-12(2,8-19)7-18-11-6-9(13(15,16)17)4-5-10(11)14/h4-6,18-19H,3,7-8H2,1-2H3. The summed E-state index contributed by atoms with van der Waals surface area (Å²) in [5.74, 6) is 0. The van der Waals surface area contributed by atoms with E-state index < -0.39 is 11.7 Å². The molecule has 0 aliphatic heterocycles. The lowest BCUT2D eigenvalue weighted by Gasteiger charge is -2.27. The van der Waals surface area contributed by atoms with Gasteiger partial charge in [0, 0.05) is 22.1 Å². The van der Waals surface area contributed by atoms with Gasteiger partial charge in [-0.25, -0.2) is 0 Å². The normalized spacial score (nSPS) is 15.1. The van der Waals surface area contributed by atoms with E-state index in [4.69, 9.17) is 0 Å². The first-order chi connectivity index (χ1) is 8.72. The van der Waals surface area contributed by atoms with E-state index in [1.54, 1.807) is 0 Å². The predicted octanol–water partition coefficient (Wildman–Crippen LogP) is 4.29. The van der Waals surface area contributed by atoms with Gasteiger partial charge in [0.1, 0.15) is 0 Å². The largest absolute Gasteiger partial charge is 0.416 e. The molecule has 0 saturated carbocycles. The van der Waals surface area contributed by atoms with Crippen LogP contribution in [0.5, 0.6) is 0 Å². The number of hydrogen-bond donors (Lipinski definition) is 2. The Bertz CT molecular complexity index is 430. The van der Waals surface area contributed by atoms with E-state index in [9.17, 15) is 18.3 Å². The molecule has 6 heteroatoms. The van der Waals surface area contributed by atoms with Crippen LogP contribution in [0.1, 0.15) is 25.8 Å². The first kappa shape index (κ1) is 16.3. The molecule has 108 valence electrons. The average molecular weight is 340 g/mol. The molecule has 0 fully saturated rings. The van der Waals surface area contributed by atoms with Gasteiger partial charge in [-0.1, -0.05) is 13.8 Å². The molecule has 0 aromatic heterocycles. The third-order valence-electron chi connectivity index (χ3n) is 3.23. The number of hydrogen-bond acceptors (Lipinski definition) is 2. The van der Waals surface area contributed by atoms with Gasteiger partial charge < -0.3 is 10.4 Å². The summed E-state index contributed by atoms with van der Waals surface area (Å²) in [6.07, 6.45) is -3.63. The number of rotatable bonds is 5.